The fourth-order valence-corrected chi connectivity index (χ4v) is 0.812. The first-order chi connectivity index (χ1) is 6.08. The van der Waals surface area contributed by atoms with Crippen LogP contribution in [0.4, 0.5) is 5.69 Å². The van der Waals surface area contributed by atoms with E-state index in [0.717, 1.165) is 5.69 Å². The van der Waals surface area contributed by atoms with Crippen LogP contribution in [0.15, 0.2) is 30.3 Å². The molecule has 0 bridgehead atoms. The number of hydrogen-bond donors (Lipinski definition) is 2. The second-order valence-corrected chi connectivity index (χ2v) is 3.75. The first-order valence-corrected chi connectivity index (χ1v) is 4.30. The molecule has 0 atom stereocenters. The van der Waals surface area contributed by atoms with Gasteiger partial charge in [0.1, 0.15) is 0 Å². The van der Waals surface area contributed by atoms with Crippen LogP contribution in [0.3, 0.4) is 0 Å². The van der Waals surface area contributed by atoms with Gasteiger partial charge in [-0.25, -0.2) is 0 Å². The lowest BCUT2D eigenvalue weighted by atomic mass is 10.1. The molecule has 0 spiro atoms. The maximum absolute atomic E-state index is 5.73. The normalized spacial score (nSPS) is 11.3. The molecule has 0 aliphatic carbocycles. The Bertz CT molecular complexity index is 241. The Kier molecular flexibility index (Phi) is 3.28. The van der Waals surface area contributed by atoms with Gasteiger partial charge >= 0.3 is 0 Å². The van der Waals surface area contributed by atoms with Crippen molar-refractivity contribution < 1.29 is 4.84 Å². The topological polar surface area (TPSA) is 47.3 Å². The average molecular weight is 180 g/mol. The highest BCUT2D eigenvalue weighted by atomic mass is 16.6. The molecule has 72 valence electrons. The van der Waals surface area contributed by atoms with Gasteiger partial charge in [-0.05, 0) is 26.0 Å². The maximum atomic E-state index is 5.73. The predicted octanol–water partition coefficient (Wildman–Crippen LogP) is 1.77. The van der Waals surface area contributed by atoms with Crippen LogP contribution < -0.4 is 11.2 Å². The van der Waals surface area contributed by atoms with Gasteiger partial charge in [0, 0.05) is 5.54 Å². The molecule has 3 heteroatoms. The molecule has 0 fully saturated rings. The molecule has 0 aliphatic rings. The van der Waals surface area contributed by atoms with Gasteiger partial charge in [0.25, 0.3) is 0 Å². The van der Waals surface area contributed by atoms with Gasteiger partial charge in [-0.1, -0.05) is 18.2 Å². The lowest BCUT2D eigenvalue weighted by molar-refractivity contribution is 0.146. The molecule has 0 saturated heterocycles. The summed E-state index contributed by atoms with van der Waals surface area (Å²) in [6.07, 6.45) is 0. The van der Waals surface area contributed by atoms with E-state index in [0.29, 0.717) is 6.61 Å². The number of benzene rings is 1. The van der Waals surface area contributed by atoms with Crippen molar-refractivity contribution in [3.8, 4) is 0 Å². The Morgan fingerprint density at radius 3 is 2.46 bits per heavy atom. The second kappa shape index (κ2) is 4.25. The van der Waals surface area contributed by atoms with E-state index >= 15 is 0 Å². The van der Waals surface area contributed by atoms with Crippen molar-refractivity contribution >= 4 is 5.69 Å². The fraction of sp³-hybridized carbons (Fsp3) is 0.400. The number of anilines is 1. The molecule has 3 nitrogen and oxygen atoms in total. The molecule has 0 saturated carbocycles. The van der Waals surface area contributed by atoms with Crippen molar-refractivity contribution in [3.05, 3.63) is 30.3 Å². The maximum Gasteiger partial charge on any atom is 0.0920 e. The number of nitrogens with two attached hydrogens (primary N) is 1. The summed E-state index contributed by atoms with van der Waals surface area (Å²) in [5.41, 5.74) is 9.19. The first-order valence-electron chi connectivity index (χ1n) is 4.30. The Morgan fingerprint density at radius 2 is 1.92 bits per heavy atom. The van der Waals surface area contributed by atoms with Crippen LogP contribution in [-0.2, 0) is 4.84 Å². The van der Waals surface area contributed by atoms with Crippen LogP contribution in [-0.4, -0.2) is 12.1 Å². The quantitative estimate of drug-likeness (QED) is 0.694. The minimum absolute atomic E-state index is 0.304. The Hall–Kier alpha value is -1.06. The average Bonchev–Trinajstić information content (AvgIpc) is 2.04. The van der Waals surface area contributed by atoms with Gasteiger partial charge in [0.05, 0.1) is 12.3 Å². The van der Waals surface area contributed by atoms with E-state index < -0.39 is 0 Å². The number of nitrogens with one attached hydrogen (secondary N) is 1. The Labute approximate surface area is 78.8 Å². The summed E-state index contributed by atoms with van der Waals surface area (Å²) < 4.78 is 0. The third-order valence-electron chi connectivity index (χ3n) is 1.41. The largest absolute Gasteiger partial charge is 0.324 e. The molecule has 0 amide bonds. The predicted molar refractivity (Wildman–Crippen MR) is 54.3 cm³/mol. The molecular formula is C10H16N2O. The number of rotatable bonds is 4. The number of para-hydroxylation sites is 1. The summed E-state index contributed by atoms with van der Waals surface area (Å²) in [6.45, 7) is 4.31. The summed E-state index contributed by atoms with van der Waals surface area (Å²) >= 11 is 0. The molecule has 0 aromatic heterocycles. The minimum atomic E-state index is -0.304. The van der Waals surface area contributed by atoms with Crippen LogP contribution in [0.25, 0.3) is 0 Å². The molecule has 0 radical (unpaired) electrons. The highest BCUT2D eigenvalue weighted by Gasteiger charge is 2.10. The number of hydrogen-bond acceptors (Lipinski definition) is 3. The van der Waals surface area contributed by atoms with E-state index in [1.54, 1.807) is 0 Å². The van der Waals surface area contributed by atoms with Crippen LogP contribution in [0.2, 0.25) is 0 Å². The third-order valence-corrected chi connectivity index (χ3v) is 1.41. The van der Waals surface area contributed by atoms with Crippen molar-refractivity contribution in [2.45, 2.75) is 19.4 Å². The van der Waals surface area contributed by atoms with Crippen LogP contribution >= 0.6 is 0 Å². The molecule has 0 heterocycles. The lowest BCUT2D eigenvalue weighted by Gasteiger charge is -2.18. The van der Waals surface area contributed by atoms with Gasteiger partial charge < -0.3 is 5.73 Å². The second-order valence-electron chi connectivity index (χ2n) is 3.75. The highest BCUT2D eigenvalue weighted by molar-refractivity contribution is 5.39. The highest BCUT2D eigenvalue weighted by Crippen LogP contribution is 2.05. The molecule has 1 rings (SSSR count). The zero-order chi connectivity index (χ0) is 9.73. The smallest absolute Gasteiger partial charge is 0.0920 e. The van der Waals surface area contributed by atoms with Crippen molar-refractivity contribution in [1.29, 1.82) is 0 Å². The SMILES string of the molecule is CC(C)(N)CONc1ccccc1. The fourth-order valence-electron chi connectivity index (χ4n) is 0.812. The lowest BCUT2D eigenvalue weighted by Crippen LogP contribution is -2.38. The standard InChI is InChI=1S/C10H16N2O/c1-10(2,11)8-13-12-9-6-4-3-5-7-9/h3-7,12H,8,11H2,1-2H3. The summed E-state index contributed by atoms with van der Waals surface area (Å²) in [6, 6.07) is 9.71. The van der Waals surface area contributed by atoms with Crippen molar-refractivity contribution in [2.24, 2.45) is 5.73 Å². The van der Waals surface area contributed by atoms with E-state index in [2.05, 4.69) is 5.48 Å². The first kappa shape index (κ1) is 10.0. The van der Waals surface area contributed by atoms with Gasteiger partial charge in [-0.3, -0.25) is 10.3 Å². The van der Waals surface area contributed by atoms with E-state index in [1.807, 2.05) is 44.2 Å². The van der Waals surface area contributed by atoms with Crippen molar-refractivity contribution in [1.82, 2.24) is 0 Å². The van der Waals surface area contributed by atoms with E-state index in [9.17, 15) is 0 Å². The van der Waals surface area contributed by atoms with Crippen molar-refractivity contribution in [3.63, 3.8) is 0 Å². The molecule has 13 heavy (non-hydrogen) atoms. The summed E-state index contributed by atoms with van der Waals surface area (Å²) in [4.78, 5) is 5.21. The Balaban J connectivity index is 2.29. The van der Waals surface area contributed by atoms with E-state index in [-0.39, 0.29) is 5.54 Å². The van der Waals surface area contributed by atoms with E-state index in [4.69, 9.17) is 10.6 Å². The van der Waals surface area contributed by atoms with Gasteiger partial charge in [-0.2, -0.15) is 0 Å². The minimum Gasteiger partial charge on any atom is -0.324 e. The summed E-state index contributed by atoms with van der Waals surface area (Å²) in [5, 5.41) is 0. The zero-order valence-electron chi connectivity index (χ0n) is 8.08. The van der Waals surface area contributed by atoms with Crippen molar-refractivity contribution in [2.75, 3.05) is 12.1 Å². The third kappa shape index (κ3) is 4.50. The van der Waals surface area contributed by atoms with Gasteiger partial charge in [-0.15, -0.1) is 0 Å². The van der Waals surface area contributed by atoms with Crippen LogP contribution in [0.5, 0.6) is 0 Å². The van der Waals surface area contributed by atoms with E-state index in [1.165, 1.54) is 0 Å². The van der Waals surface area contributed by atoms with Crippen LogP contribution in [0.1, 0.15) is 13.8 Å². The monoisotopic (exact) mass is 180 g/mol. The Morgan fingerprint density at radius 1 is 1.31 bits per heavy atom. The molecule has 0 unspecified atom stereocenters. The summed E-state index contributed by atoms with van der Waals surface area (Å²) in [5.74, 6) is 0. The summed E-state index contributed by atoms with van der Waals surface area (Å²) in [7, 11) is 0. The van der Waals surface area contributed by atoms with Crippen LogP contribution in [0, 0.1) is 0 Å². The molecule has 1 aromatic carbocycles. The molecule has 0 aliphatic heterocycles. The molecule has 1 aromatic rings. The zero-order valence-corrected chi connectivity index (χ0v) is 8.08. The van der Waals surface area contributed by atoms with Gasteiger partial charge in [0.15, 0.2) is 0 Å². The molecule has 3 N–H and O–H groups in total. The van der Waals surface area contributed by atoms with Gasteiger partial charge in [0.2, 0.25) is 0 Å². The molecular weight excluding hydrogens is 164 g/mol.